The molecule has 1 fully saturated rings. The highest BCUT2D eigenvalue weighted by molar-refractivity contribution is 9.09. The Morgan fingerprint density at radius 3 is 2.57 bits per heavy atom. The molecular formula is C24H37BrO5. The van der Waals surface area contributed by atoms with Gasteiger partial charge in [0.2, 0.25) is 0 Å². The second-order valence-electron chi connectivity index (χ2n) is 7.95. The first-order valence-corrected chi connectivity index (χ1v) is 12.2. The molecule has 0 saturated heterocycles. The Morgan fingerprint density at radius 1 is 1.17 bits per heavy atom. The highest BCUT2D eigenvalue weighted by atomic mass is 79.9. The average Bonchev–Trinajstić information content (AvgIpc) is 3.03. The fourth-order valence-corrected chi connectivity index (χ4v) is 4.59. The van der Waals surface area contributed by atoms with Crippen LogP contribution in [0.1, 0.15) is 71.6 Å². The summed E-state index contributed by atoms with van der Waals surface area (Å²) in [6.07, 6.45) is 15.9. The molecule has 0 spiro atoms. The zero-order valence-corrected chi connectivity index (χ0v) is 20.2. The molecule has 0 N–H and O–H groups in total. The smallest absolute Gasteiger partial charge is 0.347 e. The van der Waals surface area contributed by atoms with Crippen molar-refractivity contribution in [2.75, 3.05) is 12.4 Å². The van der Waals surface area contributed by atoms with Gasteiger partial charge in [0.05, 0.1) is 7.11 Å². The fraction of sp³-hybridized carbons (Fsp3) is 0.708. The Balaban J connectivity index is 2.56. The summed E-state index contributed by atoms with van der Waals surface area (Å²) in [5.74, 6) is -0.0744. The molecule has 0 aromatic rings. The lowest BCUT2D eigenvalue weighted by Crippen LogP contribution is -2.27. The molecule has 5 nitrogen and oxygen atoms in total. The number of methoxy groups -OCH3 is 1. The largest absolute Gasteiger partial charge is 0.466 e. The summed E-state index contributed by atoms with van der Waals surface area (Å²) < 4.78 is 9.68. The summed E-state index contributed by atoms with van der Waals surface area (Å²) >= 11 is 3.57. The van der Waals surface area contributed by atoms with Crippen molar-refractivity contribution in [3.8, 4) is 0 Å². The van der Waals surface area contributed by atoms with Crippen LogP contribution in [0.15, 0.2) is 24.3 Å². The Bertz CT molecular complexity index is 598. The monoisotopic (exact) mass is 484 g/mol. The number of ether oxygens (including phenoxy) is 2. The predicted molar refractivity (Wildman–Crippen MR) is 122 cm³/mol. The van der Waals surface area contributed by atoms with Crippen LogP contribution in [-0.2, 0) is 23.9 Å². The maximum Gasteiger partial charge on any atom is 0.347 e. The zero-order chi connectivity index (χ0) is 22.4. The normalized spacial score (nSPS) is 22.7. The minimum absolute atomic E-state index is 0.0144. The quantitative estimate of drug-likeness (QED) is 0.139. The van der Waals surface area contributed by atoms with Crippen molar-refractivity contribution in [2.45, 2.75) is 77.7 Å². The third-order valence-electron chi connectivity index (χ3n) is 5.59. The standard InChI is InChI=1S/C24H37BrO5/c1-4-5-6-7-8-10-13-20-19(17-25)16-22(27)21(20)14-11-9-12-15-23(24(28)29-3)30-18(2)26/h9-11,13,19-21,23H,4-8,12,14-17H2,1-3H3/b11-9-,13-10+/t19-,20-,21+,23?/m0/s1. The molecule has 4 atom stereocenters. The van der Waals surface area contributed by atoms with E-state index in [0.717, 1.165) is 11.8 Å². The molecule has 0 radical (unpaired) electrons. The van der Waals surface area contributed by atoms with Crippen LogP contribution in [0.3, 0.4) is 0 Å². The SMILES string of the molecule is CCCCCC/C=C/[C@H]1[C@H](CBr)CC(=O)[C@@H]1C/C=C\CCC(OC(C)=O)C(=O)OC. The van der Waals surface area contributed by atoms with E-state index in [9.17, 15) is 14.4 Å². The van der Waals surface area contributed by atoms with Crippen molar-refractivity contribution < 1.29 is 23.9 Å². The molecule has 170 valence electrons. The van der Waals surface area contributed by atoms with E-state index in [1.54, 1.807) is 0 Å². The summed E-state index contributed by atoms with van der Waals surface area (Å²) in [4.78, 5) is 35.4. The molecule has 0 bridgehead atoms. The van der Waals surface area contributed by atoms with Gasteiger partial charge in [-0.3, -0.25) is 9.59 Å². The van der Waals surface area contributed by atoms with Gasteiger partial charge in [0.1, 0.15) is 5.78 Å². The minimum atomic E-state index is -0.883. The van der Waals surface area contributed by atoms with Crippen molar-refractivity contribution in [3.63, 3.8) is 0 Å². The van der Waals surface area contributed by atoms with Gasteiger partial charge in [0.25, 0.3) is 0 Å². The predicted octanol–water partition coefficient (Wildman–Crippen LogP) is 5.56. The molecule has 1 aliphatic rings. The van der Waals surface area contributed by atoms with Crippen LogP contribution in [0.25, 0.3) is 0 Å². The van der Waals surface area contributed by atoms with E-state index in [-0.39, 0.29) is 11.8 Å². The van der Waals surface area contributed by atoms with Crippen LogP contribution in [0, 0.1) is 17.8 Å². The van der Waals surface area contributed by atoms with Gasteiger partial charge in [-0.1, -0.05) is 66.4 Å². The van der Waals surface area contributed by atoms with E-state index in [1.807, 2.05) is 12.2 Å². The molecule has 30 heavy (non-hydrogen) atoms. The minimum Gasteiger partial charge on any atom is -0.466 e. The van der Waals surface area contributed by atoms with Gasteiger partial charge < -0.3 is 9.47 Å². The molecule has 6 heteroatoms. The van der Waals surface area contributed by atoms with Crippen LogP contribution in [-0.4, -0.2) is 36.3 Å². The van der Waals surface area contributed by atoms with Crippen LogP contribution in [0.5, 0.6) is 0 Å². The molecule has 1 saturated carbocycles. The first-order valence-electron chi connectivity index (χ1n) is 11.1. The highest BCUT2D eigenvalue weighted by Crippen LogP contribution is 2.39. The summed E-state index contributed by atoms with van der Waals surface area (Å²) in [7, 11) is 1.28. The van der Waals surface area contributed by atoms with Crippen LogP contribution < -0.4 is 0 Å². The Morgan fingerprint density at radius 2 is 1.93 bits per heavy atom. The van der Waals surface area contributed by atoms with E-state index in [0.29, 0.717) is 37.4 Å². The zero-order valence-electron chi connectivity index (χ0n) is 18.6. The second-order valence-corrected chi connectivity index (χ2v) is 8.60. The number of carbonyl (C=O) groups excluding carboxylic acids is 3. The lowest BCUT2D eigenvalue weighted by atomic mass is 9.87. The Kier molecular flexibility index (Phi) is 13.6. The molecular weight excluding hydrogens is 448 g/mol. The van der Waals surface area contributed by atoms with Gasteiger partial charge in [-0.2, -0.15) is 0 Å². The molecule has 0 amide bonds. The molecule has 0 aliphatic heterocycles. The average molecular weight is 485 g/mol. The summed E-state index contributed by atoms with van der Waals surface area (Å²) in [6.45, 7) is 3.49. The van der Waals surface area contributed by atoms with E-state index < -0.39 is 18.0 Å². The number of esters is 2. The number of hydrogen-bond acceptors (Lipinski definition) is 5. The number of rotatable bonds is 14. The summed E-state index contributed by atoms with van der Waals surface area (Å²) in [6, 6.07) is 0. The molecule has 1 aliphatic carbocycles. The van der Waals surface area contributed by atoms with Crippen LogP contribution >= 0.6 is 15.9 Å². The number of allylic oxidation sites excluding steroid dienone is 4. The highest BCUT2D eigenvalue weighted by Gasteiger charge is 2.39. The van der Waals surface area contributed by atoms with Gasteiger partial charge in [-0.15, -0.1) is 0 Å². The summed E-state index contributed by atoms with van der Waals surface area (Å²) in [5.41, 5.74) is 0. The van der Waals surface area contributed by atoms with Crippen LogP contribution in [0.4, 0.5) is 0 Å². The van der Waals surface area contributed by atoms with Gasteiger partial charge >= 0.3 is 11.9 Å². The van der Waals surface area contributed by atoms with Crippen molar-refractivity contribution in [2.24, 2.45) is 17.8 Å². The lowest BCUT2D eigenvalue weighted by Gasteiger charge is -2.18. The third-order valence-corrected chi connectivity index (χ3v) is 6.42. The first kappa shape index (κ1) is 26.6. The third kappa shape index (κ3) is 9.59. The lowest BCUT2D eigenvalue weighted by molar-refractivity contribution is -0.165. The number of unbranched alkanes of at least 4 members (excludes halogenated alkanes) is 4. The topological polar surface area (TPSA) is 69.7 Å². The van der Waals surface area contributed by atoms with E-state index in [1.165, 1.54) is 39.7 Å². The molecule has 0 aromatic carbocycles. The molecule has 1 unspecified atom stereocenters. The van der Waals surface area contributed by atoms with Crippen molar-refractivity contribution in [1.82, 2.24) is 0 Å². The number of alkyl halides is 1. The fourth-order valence-electron chi connectivity index (χ4n) is 3.93. The van der Waals surface area contributed by atoms with E-state index >= 15 is 0 Å². The Hall–Kier alpha value is -1.43. The van der Waals surface area contributed by atoms with Gasteiger partial charge in [-0.25, -0.2) is 4.79 Å². The number of halogens is 1. The Labute approximate surface area is 189 Å². The van der Waals surface area contributed by atoms with E-state index in [2.05, 4.69) is 39.7 Å². The van der Waals surface area contributed by atoms with Crippen molar-refractivity contribution in [3.05, 3.63) is 24.3 Å². The van der Waals surface area contributed by atoms with Gasteiger partial charge in [0.15, 0.2) is 6.10 Å². The molecule has 1 rings (SSSR count). The maximum absolute atomic E-state index is 12.5. The number of hydrogen-bond donors (Lipinski definition) is 0. The van der Waals surface area contributed by atoms with Gasteiger partial charge in [0, 0.05) is 24.6 Å². The van der Waals surface area contributed by atoms with Crippen molar-refractivity contribution >= 4 is 33.7 Å². The molecule has 0 heterocycles. The summed E-state index contributed by atoms with van der Waals surface area (Å²) in [5, 5.41) is 0.840. The molecule has 0 aromatic heterocycles. The number of Topliss-reactive ketones (excluding diaryl/α,β-unsaturated/α-hetero) is 1. The van der Waals surface area contributed by atoms with Crippen molar-refractivity contribution in [1.29, 1.82) is 0 Å². The number of ketones is 1. The van der Waals surface area contributed by atoms with E-state index in [4.69, 9.17) is 4.74 Å². The number of carbonyl (C=O) groups is 3. The van der Waals surface area contributed by atoms with Crippen LogP contribution in [0.2, 0.25) is 0 Å². The first-order chi connectivity index (χ1) is 14.4. The van der Waals surface area contributed by atoms with Gasteiger partial charge in [-0.05, 0) is 43.9 Å². The maximum atomic E-state index is 12.5. The second kappa shape index (κ2) is 15.4.